The molecule has 0 unspecified atom stereocenters. The number of rotatable bonds is 5. The molecule has 0 atom stereocenters. The van der Waals surface area contributed by atoms with E-state index in [4.69, 9.17) is 2.74 Å². The van der Waals surface area contributed by atoms with Gasteiger partial charge in [-0.15, -0.1) is 0 Å². The van der Waals surface area contributed by atoms with E-state index in [1.165, 1.54) is 31.2 Å². The minimum Gasteiger partial charge on any atom is -0.508 e. The van der Waals surface area contributed by atoms with Gasteiger partial charge in [-0.2, -0.15) is 0 Å². The molecular formula is C17H17FO2. The lowest BCUT2D eigenvalue weighted by atomic mass is 9.95. The normalized spacial score (nSPS) is 12.7. The lowest BCUT2D eigenvalue weighted by Gasteiger charge is -2.10. The van der Waals surface area contributed by atoms with E-state index in [2.05, 4.69) is 0 Å². The second-order valence-electron chi connectivity index (χ2n) is 4.66. The molecule has 0 amide bonds. The second kappa shape index (κ2) is 6.33. The molecule has 0 saturated carbocycles. The monoisotopic (exact) mass is 274 g/mol. The number of phenolic OH excluding ortho intramolecular Hbond substituents is 1. The number of aromatic hydroxyl groups is 1. The van der Waals surface area contributed by atoms with Crippen molar-refractivity contribution < 1.29 is 17.0 Å². The summed E-state index contributed by atoms with van der Waals surface area (Å²) in [5, 5.41) is 9.67. The van der Waals surface area contributed by atoms with Crippen LogP contribution in [0.15, 0.2) is 42.5 Å². The Morgan fingerprint density at radius 3 is 2.80 bits per heavy atom. The zero-order valence-electron chi connectivity index (χ0n) is 13.2. The molecule has 0 saturated heterocycles. The molecule has 0 aromatic heterocycles. The van der Waals surface area contributed by atoms with Crippen LogP contribution >= 0.6 is 0 Å². The van der Waals surface area contributed by atoms with Crippen LogP contribution in [-0.2, 0) is 11.2 Å². The molecular weight excluding hydrogens is 255 g/mol. The van der Waals surface area contributed by atoms with Crippen LogP contribution in [0.5, 0.6) is 5.75 Å². The summed E-state index contributed by atoms with van der Waals surface area (Å²) in [6, 6.07) is 10.5. The van der Waals surface area contributed by atoms with Crippen molar-refractivity contribution in [3.63, 3.8) is 0 Å². The Hall–Kier alpha value is -2.16. The highest BCUT2D eigenvalue weighted by atomic mass is 19.1. The van der Waals surface area contributed by atoms with Crippen LogP contribution in [0.25, 0.3) is 11.1 Å². The fraction of sp³-hybridized carbons (Fsp3) is 0.235. The van der Waals surface area contributed by atoms with Crippen LogP contribution in [0.1, 0.15) is 28.0 Å². The predicted octanol–water partition coefficient (Wildman–Crippen LogP) is 4.11. The summed E-state index contributed by atoms with van der Waals surface area (Å²) in [5.74, 6) is -0.607. The number of Topliss-reactive ketones (excluding diaryl/α,β-unsaturated/α-hetero) is 1. The van der Waals surface area contributed by atoms with E-state index in [9.17, 15) is 14.3 Å². The van der Waals surface area contributed by atoms with E-state index in [0.717, 1.165) is 0 Å². The lowest BCUT2D eigenvalue weighted by Crippen LogP contribution is -1.95. The fourth-order valence-electron chi connectivity index (χ4n) is 2.02. The Bertz CT molecular complexity index is 699. The SMILES string of the molecule is [2H]C([2H])(CC(C)=O)Cc1ccc(O)cc1-c1cccc(F)c1. The van der Waals surface area contributed by atoms with Crippen molar-refractivity contribution in [2.75, 3.05) is 0 Å². The highest BCUT2D eigenvalue weighted by Crippen LogP contribution is 2.29. The quantitative estimate of drug-likeness (QED) is 0.890. The van der Waals surface area contributed by atoms with Gasteiger partial charge in [0.15, 0.2) is 0 Å². The molecule has 104 valence electrons. The number of ketones is 1. The van der Waals surface area contributed by atoms with Crippen LogP contribution in [0, 0.1) is 5.82 Å². The van der Waals surface area contributed by atoms with Crippen molar-refractivity contribution in [2.45, 2.75) is 26.1 Å². The Kier molecular flexibility index (Phi) is 3.69. The Labute approximate surface area is 120 Å². The number of hydrogen-bond donors (Lipinski definition) is 1. The molecule has 2 nitrogen and oxygen atoms in total. The first kappa shape index (κ1) is 11.6. The lowest BCUT2D eigenvalue weighted by molar-refractivity contribution is -0.117. The molecule has 0 bridgehead atoms. The molecule has 1 N–H and O–H groups in total. The summed E-state index contributed by atoms with van der Waals surface area (Å²) in [5.41, 5.74) is 1.74. The van der Waals surface area contributed by atoms with Crippen molar-refractivity contribution >= 4 is 5.78 Å². The van der Waals surface area contributed by atoms with Gasteiger partial charge in [0.1, 0.15) is 17.3 Å². The van der Waals surface area contributed by atoms with Crippen molar-refractivity contribution in [3.05, 3.63) is 53.8 Å². The Morgan fingerprint density at radius 1 is 1.30 bits per heavy atom. The van der Waals surface area contributed by atoms with Gasteiger partial charge >= 0.3 is 0 Å². The number of halogens is 1. The highest BCUT2D eigenvalue weighted by Gasteiger charge is 2.08. The fourth-order valence-corrected chi connectivity index (χ4v) is 2.02. The van der Waals surface area contributed by atoms with Crippen molar-refractivity contribution in [2.24, 2.45) is 0 Å². The molecule has 0 aliphatic heterocycles. The van der Waals surface area contributed by atoms with Gasteiger partial charge in [-0.25, -0.2) is 4.39 Å². The first-order valence-corrected chi connectivity index (χ1v) is 6.34. The minimum atomic E-state index is -1.69. The third-order valence-corrected chi connectivity index (χ3v) is 2.92. The summed E-state index contributed by atoms with van der Waals surface area (Å²) < 4.78 is 29.3. The molecule has 0 aliphatic rings. The molecule has 2 aromatic rings. The van der Waals surface area contributed by atoms with Gasteiger partial charge in [0.25, 0.3) is 0 Å². The van der Waals surface area contributed by atoms with E-state index in [1.807, 2.05) is 0 Å². The van der Waals surface area contributed by atoms with Crippen LogP contribution in [-0.4, -0.2) is 10.9 Å². The molecule has 20 heavy (non-hydrogen) atoms. The molecule has 0 spiro atoms. The van der Waals surface area contributed by atoms with Gasteiger partial charge in [0.05, 0.1) is 0 Å². The van der Waals surface area contributed by atoms with Crippen LogP contribution in [0.2, 0.25) is 0 Å². The molecule has 0 radical (unpaired) electrons. The maximum Gasteiger partial charge on any atom is 0.129 e. The summed E-state index contributed by atoms with van der Waals surface area (Å²) in [4.78, 5) is 11.2. The number of hydrogen-bond acceptors (Lipinski definition) is 2. The van der Waals surface area contributed by atoms with Crippen molar-refractivity contribution in [1.29, 1.82) is 0 Å². The average molecular weight is 274 g/mol. The average Bonchev–Trinajstić information content (AvgIpc) is 2.39. The Morgan fingerprint density at radius 2 is 2.10 bits per heavy atom. The number of carbonyl (C=O) groups excluding carboxylic acids is 1. The molecule has 0 aliphatic carbocycles. The number of phenols is 1. The summed E-state index contributed by atoms with van der Waals surface area (Å²) in [7, 11) is 0. The second-order valence-corrected chi connectivity index (χ2v) is 4.66. The third kappa shape index (κ3) is 3.67. The Balaban J connectivity index is 2.42. The van der Waals surface area contributed by atoms with Gasteiger partial charge in [-0.1, -0.05) is 18.2 Å². The van der Waals surface area contributed by atoms with E-state index >= 15 is 0 Å². The molecule has 2 aromatic carbocycles. The third-order valence-electron chi connectivity index (χ3n) is 2.92. The van der Waals surface area contributed by atoms with E-state index in [0.29, 0.717) is 16.7 Å². The summed E-state index contributed by atoms with van der Waals surface area (Å²) in [6.45, 7) is 1.35. The zero-order valence-corrected chi connectivity index (χ0v) is 11.2. The zero-order chi connectivity index (χ0) is 16.3. The predicted molar refractivity (Wildman–Crippen MR) is 77.1 cm³/mol. The standard InChI is InChI=1S/C17H17FO2/c1-12(19)4-2-5-13-8-9-16(20)11-17(13)14-6-3-7-15(18)10-14/h3,6-11,20H,2,4-5H2,1H3/i2D2. The topological polar surface area (TPSA) is 37.3 Å². The van der Waals surface area contributed by atoms with Crippen LogP contribution in [0.3, 0.4) is 0 Å². The maximum atomic E-state index is 13.4. The highest BCUT2D eigenvalue weighted by molar-refractivity contribution is 5.75. The van der Waals surface area contributed by atoms with E-state index in [1.54, 1.807) is 18.2 Å². The molecule has 2 rings (SSSR count). The van der Waals surface area contributed by atoms with E-state index < -0.39 is 12.2 Å². The first-order chi connectivity index (χ1) is 10.3. The molecule has 3 heteroatoms. The van der Waals surface area contributed by atoms with Crippen molar-refractivity contribution in [3.8, 4) is 16.9 Å². The van der Waals surface area contributed by atoms with E-state index in [-0.39, 0.29) is 24.4 Å². The first-order valence-electron chi connectivity index (χ1n) is 7.34. The number of benzene rings is 2. The van der Waals surface area contributed by atoms with Crippen LogP contribution in [0.4, 0.5) is 4.39 Å². The van der Waals surface area contributed by atoms with Gasteiger partial charge in [-0.3, -0.25) is 0 Å². The van der Waals surface area contributed by atoms with Gasteiger partial charge < -0.3 is 9.90 Å². The van der Waals surface area contributed by atoms with Gasteiger partial charge in [0.2, 0.25) is 0 Å². The minimum absolute atomic E-state index is 0.0126. The van der Waals surface area contributed by atoms with Crippen molar-refractivity contribution in [1.82, 2.24) is 0 Å². The van der Waals surface area contributed by atoms with Gasteiger partial charge in [0, 0.05) is 9.16 Å². The summed E-state index contributed by atoms with van der Waals surface area (Å²) in [6.07, 6.45) is -1.86. The number of carbonyl (C=O) groups is 1. The van der Waals surface area contributed by atoms with Gasteiger partial charge in [-0.05, 0) is 60.7 Å². The largest absolute Gasteiger partial charge is 0.508 e. The number of aryl methyl sites for hydroxylation is 1. The summed E-state index contributed by atoms with van der Waals surface area (Å²) >= 11 is 0. The smallest absolute Gasteiger partial charge is 0.129 e. The molecule has 0 heterocycles. The molecule has 0 fully saturated rings. The maximum absolute atomic E-state index is 13.4. The van der Waals surface area contributed by atoms with Crippen LogP contribution < -0.4 is 0 Å².